The SMILES string of the molecule is CC1CCC(CCNc2ncnc3nc[nH]c23)CC1. The largest absolute Gasteiger partial charge is 0.368 e. The van der Waals surface area contributed by atoms with Crippen molar-refractivity contribution < 1.29 is 0 Å². The zero-order valence-corrected chi connectivity index (χ0v) is 11.4. The van der Waals surface area contributed by atoms with Gasteiger partial charge in [-0.25, -0.2) is 15.0 Å². The normalized spacial score (nSPS) is 23.6. The molecule has 5 heteroatoms. The lowest BCUT2D eigenvalue weighted by atomic mass is 9.81. The zero-order chi connectivity index (χ0) is 13.1. The Balaban J connectivity index is 1.53. The van der Waals surface area contributed by atoms with Gasteiger partial charge in [0, 0.05) is 6.54 Å². The minimum Gasteiger partial charge on any atom is -0.368 e. The topological polar surface area (TPSA) is 66.5 Å². The molecule has 0 aliphatic heterocycles. The number of aromatic amines is 1. The Kier molecular flexibility index (Phi) is 3.62. The number of nitrogens with one attached hydrogen (secondary N) is 2. The molecule has 1 aliphatic rings. The molecule has 0 aromatic carbocycles. The Morgan fingerprint density at radius 2 is 2.05 bits per heavy atom. The molecule has 1 aliphatic carbocycles. The lowest BCUT2D eigenvalue weighted by molar-refractivity contribution is 0.282. The molecule has 2 aromatic rings. The number of hydrogen-bond donors (Lipinski definition) is 2. The molecule has 2 heterocycles. The van der Waals surface area contributed by atoms with Gasteiger partial charge in [-0.15, -0.1) is 0 Å². The Labute approximate surface area is 113 Å². The maximum atomic E-state index is 4.28. The van der Waals surface area contributed by atoms with Crippen LogP contribution in [0.15, 0.2) is 12.7 Å². The van der Waals surface area contributed by atoms with E-state index in [0.29, 0.717) is 0 Å². The summed E-state index contributed by atoms with van der Waals surface area (Å²) in [4.78, 5) is 15.6. The Bertz CT molecular complexity index is 527. The third kappa shape index (κ3) is 2.85. The van der Waals surface area contributed by atoms with E-state index in [4.69, 9.17) is 0 Å². The Morgan fingerprint density at radius 1 is 1.21 bits per heavy atom. The molecule has 2 N–H and O–H groups in total. The van der Waals surface area contributed by atoms with E-state index in [1.165, 1.54) is 32.1 Å². The van der Waals surface area contributed by atoms with Crippen LogP contribution >= 0.6 is 0 Å². The summed E-state index contributed by atoms with van der Waals surface area (Å²) in [5, 5.41) is 3.41. The van der Waals surface area contributed by atoms with Gasteiger partial charge in [0.1, 0.15) is 11.8 Å². The number of H-pyrrole nitrogens is 1. The summed E-state index contributed by atoms with van der Waals surface area (Å²) < 4.78 is 0. The maximum absolute atomic E-state index is 4.28. The average Bonchev–Trinajstić information content (AvgIpc) is 2.90. The second kappa shape index (κ2) is 5.55. The van der Waals surface area contributed by atoms with Gasteiger partial charge in [-0.2, -0.15) is 0 Å². The van der Waals surface area contributed by atoms with Crippen LogP contribution in [0.3, 0.4) is 0 Å². The molecule has 19 heavy (non-hydrogen) atoms. The molecular weight excluding hydrogens is 238 g/mol. The first-order valence-corrected chi connectivity index (χ1v) is 7.21. The third-order valence-corrected chi connectivity index (χ3v) is 4.20. The highest BCUT2D eigenvalue weighted by Crippen LogP contribution is 2.30. The molecule has 5 nitrogen and oxygen atoms in total. The highest BCUT2D eigenvalue weighted by Gasteiger charge is 2.17. The fraction of sp³-hybridized carbons (Fsp3) is 0.643. The smallest absolute Gasteiger partial charge is 0.182 e. The van der Waals surface area contributed by atoms with Gasteiger partial charge in [-0.1, -0.05) is 32.6 Å². The Hall–Kier alpha value is -1.65. The van der Waals surface area contributed by atoms with Crippen molar-refractivity contribution in [3.8, 4) is 0 Å². The van der Waals surface area contributed by atoms with Crippen LogP contribution in [-0.2, 0) is 0 Å². The number of anilines is 1. The van der Waals surface area contributed by atoms with Crippen molar-refractivity contribution in [2.24, 2.45) is 11.8 Å². The van der Waals surface area contributed by atoms with E-state index in [0.717, 1.165) is 35.4 Å². The highest BCUT2D eigenvalue weighted by atomic mass is 15.1. The first-order chi connectivity index (χ1) is 9.33. The molecule has 2 aromatic heterocycles. The second-order valence-electron chi connectivity index (χ2n) is 5.66. The molecule has 0 amide bonds. The van der Waals surface area contributed by atoms with Crippen LogP contribution in [0, 0.1) is 11.8 Å². The maximum Gasteiger partial charge on any atom is 0.182 e. The van der Waals surface area contributed by atoms with E-state index in [1.54, 1.807) is 12.7 Å². The van der Waals surface area contributed by atoms with Crippen LogP contribution in [0.2, 0.25) is 0 Å². The minimum atomic E-state index is 0.726. The number of aromatic nitrogens is 4. The summed E-state index contributed by atoms with van der Waals surface area (Å²) in [7, 11) is 0. The molecule has 0 spiro atoms. The second-order valence-corrected chi connectivity index (χ2v) is 5.66. The fourth-order valence-electron chi connectivity index (χ4n) is 2.91. The minimum absolute atomic E-state index is 0.726. The average molecular weight is 259 g/mol. The molecule has 3 rings (SSSR count). The van der Waals surface area contributed by atoms with Gasteiger partial charge in [0.15, 0.2) is 11.5 Å². The van der Waals surface area contributed by atoms with Crippen molar-refractivity contribution in [3.63, 3.8) is 0 Å². The molecule has 1 fully saturated rings. The van der Waals surface area contributed by atoms with E-state index in [9.17, 15) is 0 Å². The van der Waals surface area contributed by atoms with Crippen molar-refractivity contribution in [3.05, 3.63) is 12.7 Å². The van der Waals surface area contributed by atoms with E-state index in [1.807, 2.05) is 0 Å². The molecule has 0 bridgehead atoms. The molecule has 0 saturated heterocycles. The lowest BCUT2D eigenvalue weighted by Crippen LogP contribution is -2.16. The molecule has 102 valence electrons. The van der Waals surface area contributed by atoms with E-state index < -0.39 is 0 Å². The van der Waals surface area contributed by atoms with Crippen molar-refractivity contribution in [2.75, 3.05) is 11.9 Å². The number of imidazole rings is 1. The summed E-state index contributed by atoms with van der Waals surface area (Å²) in [5.74, 6) is 2.67. The number of rotatable bonds is 4. The summed E-state index contributed by atoms with van der Waals surface area (Å²) in [6.07, 6.45) is 10.00. The van der Waals surface area contributed by atoms with Crippen LogP contribution in [0.1, 0.15) is 39.0 Å². The van der Waals surface area contributed by atoms with Crippen LogP contribution in [0.4, 0.5) is 5.82 Å². The van der Waals surface area contributed by atoms with Crippen LogP contribution in [0.5, 0.6) is 0 Å². The van der Waals surface area contributed by atoms with Gasteiger partial charge in [0.2, 0.25) is 0 Å². The van der Waals surface area contributed by atoms with Crippen LogP contribution in [0.25, 0.3) is 11.2 Å². The third-order valence-electron chi connectivity index (χ3n) is 4.20. The van der Waals surface area contributed by atoms with E-state index >= 15 is 0 Å². The van der Waals surface area contributed by atoms with E-state index in [2.05, 4.69) is 32.2 Å². The van der Waals surface area contributed by atoms with Gasteiger partial charge >= 0.3 is 0 Å². The molecule has 0 radical (unpaired) electrons. The number of fused-ring (bicyclic) bond motifs is 1. The van der Waals surface area contributed by atoms with E-state index in [-0.39, 0.29) is 0 Å². The summed E-state index contributed by atoms with van der Waals surface area (Å²) in [5.41, 5.74) is 1.63. The molecule has 1 saturated carbocycles. The van der Waals surface area contributed by atoms with Crippen molar-refractivity contribution in [1.82, 2.24) is 19.9 Å². The molecule has 0 unspecified atom stereocenters. The fourth-order valence-corrected chi connectivity index (χ4v) is 2.91. The summed E-state index contributed by atoms with van der Waals surface area (Å²) in [6.45, 7) is 3.34. The standard InChI is InChI=1S/C14H21N5/c1-10-2-4-11(5-3-10)6-7-15-13-12-14(17-8-16-12)19-9-18-13/h8-11H,2-7H2,1H3,(H2,15,16,17,18,19). The quantitative estimate of drug-likeness (QED) is 0.885. The molecular formula is C14H21N5. The van der Waals surface area contributed by atoms with Crippen LogP contribution < -0.4 is 5.32 Å². The first-order valence-electron chi connectivity index (χ1n) is 7.21. The predicted molar refractivity (Wildman–Crippen MR) is 75.9 cm³/mol. The van der Waals surface area contributed by atoms with Crippen LogP contribution in [-0.4, -0.2) is 26.5 Å². The lowest BCUT2D eigenvalue weighted by Gasteiger charge is -2.26. The number of nitrogens with zero attached hydrogens (tertiary/aromatic N) is 3. The van der Waals surface area contributed by atoms with Crippen molar-refractivity contribution in [2.45, 2.75) is 39.0 Å². The summed E-state index contributed by atoms with van der Waals surface area (Å²) >= 11 is 0. The highest BCUT2D eigenvalue weighted by molar-refractivity contribution is 5.81. The van der Waals surface area contributed by atoms with Crippen molar-refractivity contribution >= 4 is 17.0 Å². The van der Waals surface area contributed by atoms with Gasteiger partial charge in [-0.05, 0) is 18.3 Å². The van der Waals surface area contributed by atoms with Gasteiger partial charge in [0.05, 0.1) is 6.33 Å². The van der Waals surface area contributed by atoms with Gasteiger partial charge < -0.3 is 10.3 Å². The predicted octanol–water partition coefficient (Wildman–Crippen LogP) is 2.98. The van der Waals surface area contributed by atoms with Gasteiger partial charge in [-0.3, -0.25) is 0 Å². The number of hydrogen-bond acceptors (Lipinski definition) is 4. The Morgan fingerprint density at radius 3 is 2.89 bits per heavy atom. The summed E-state index contributed by atoms with van der Waals surface area (Å²) in [6, 6.07) is 0. The zero-order valence-electron chi connectivity index (χ0n) is 11.4. The van der Waals surface area contributed by atoms with Gasteiger partial charge in [0.25, 0.3) is 0 Å². The monoisotopic (exact) mass is 259 g/mol. The van der Waals surface area contributed by atoms with Crippen molar-refractivity contribution in [1.29, 1.82) is 0 Å². The molecule has 0 atom stereocenters. The first kappa shape index (κ1) is 12.4.